The fraction of sp³-hybridized carbons (Fsp3) is 0.0667. The van der Waals surface area contributed by atoms with Gasteiger partial charge >= 0.3 is 5.97 Å². The Morgan fingerprint density at radius 2 is 1.90 bits per heavy atom. The van der Waals surface area contributed by atoms with Gasteiger partial charge in [-0.05, 0) is 36.4 Å². The van der Waals surface area contributed by atoms with Crippen LogP contribution in [0.15, 0.2) is 45.6 Å². The lowest BCUT2D eigenvalue weighted by Crippen LogP contribution is -2.04. The van der Waals surface area contributed by atoms with Crippen molar-refractivity contribution in [3.8, 4) is 5.75 Å². The van der Waals surface area contributed by atoms with Crippen LogP contribution in [0.25, 0.3) is 21.9 Å². The van der Waals surface area contributed by atoms with Gasteiger partial charge in [0, 0.05) is 0 Å². The van der Waals surface area contributed by atoms with E-state index in [9.17, 15) is 9.59 Å². The fourth-order valence-electron chi connectivity index (χ4n) is 2.09. The molecule has 0 saturated carbocycles. The van der Waals surface area contributed by atoms with Gasteiger partial charge in [0.25, 0.3) is 0 Å². The first-order chi connectivity index (χ1) is 9.60. The van der Waals surface area contributed by atoms with Crippen LogP contribution in [0.3, 0.4) is 0 Å². The lowest BCUT2D eigenvalue weighted by Gasteiger charge is -2.04. The fourth-order valence-corrected chi connectivity index (χ4v) is 2.09. The summed E-state index contributed by atoms with van der Waals surface area (Å²) in [5.41, 5.74) is 0.518. The zero-order valence-corrected chi connectivity index (χ0v) is 10.5. The van der Waals surface area contributed by atoms with Crippen molar-refractivity contribution in [2.75, 3.05) is 7.11 Å². The summed E-state index contributed by atoms with van der Waals surface area (Å²) in [6.07, 6.45) is 0. The highest BCUT2D eigenvalue weighted by molar-refractivity contribution is 5.95. The molecule has 0 aliphatic heterocycles. The van der Waals surface area contributed by atoms with Gasteiger partial charge in [-0.25, -0.2) is 4.79 Å². The summed E-state index contributed by atoms with van der Waals surface area (Å²) in [6.45, 7) is 0. The number of hydrogen-bond donors (Lipinski definition) is 1. The second kappa shape index (κ2) is 4.38. The molecule has 3 rings (SSSR count). The molecule has 5 nitrogen and oxygen atoms in total. The Bertz CT molecular complexity index is 892. The van der Waals surface area contributed by atoms with Crippen LogP contribution in [-0.2, 0) is 0 Å². The van der Waals surface area contributed by atoms with Crippen LogP contribution < -0.4 is 10.2 Å². The summed E-state index contributed by atoms with van der Waals surface area (Å²) in [5.74, 6) is -0.504. The van der Waals surface area contributed by atoms with Crippen LogP contribution in [0.2, 0.25) is 0 Å². The Labute approximate surface area is 113 Å². The van der Waals surface area contributed by atoms with Gasteiger partial charge in [-0.1, -0.05) is 0 Å². The summed E-state index contributed by atoms with van der Waals surface area (Å²) in [4.78, 5) is 23.3. The SMILES string of the molecule is COc1ccc2oc3cc(C(=O)O)ccc3c(=O)c2c1. The largest absolute Gasteiger partial charge is 0.497 e. The zero-order chi connectivity index (χ0) is 14.3. The molecule has 1 N–H and O–H groups in total. The Morgan fingerprint density at radius 3 is 2.60 bits per heavy atom. The molecule has 0 spiro atoms. The van der Waals surface area contributed by atoms with Crippen LogP contribution >= 0.6 is 0 Å². The number of benzene rings is 2. The molecule has 0 radical (unpaired) electrons. The minimum absolute atomic E-state index is 0.0773. The van der Waals surface area contributed by atoms with Gasteiger partial charge in [-0.15, -0.1) is 0 Å². The number of carboxylic acid groups (broad SMARTS) is 1. The summed E-state index contributed by atoms with van der Waals surface area (Å²) < 4.78 is 10.7. The zero-order valence-electron chi connectivity index (χ0n) is 10.5. The first-order valence-corrected chi connectivity index (χ1v) is 5.88. The van der Waals surface area contributed by atoms with E-state index in [1.54, 1.807) is 18.2 Å². The first kappa shape index (κ1) is 12.2. The van der Waals surface area contributed by atoms with Gasteiger partial charge in [0.05, 0.1) is 23.4 Å². The Balaban J connectivity index is 2.40. The summed E-state index contributed by atoms with van der Waals surface area (Å²) in [6, 6.07) is 9.10. The van der Waals surface area contributed by atoms with Gasteiger partial charge in [-0.2, -0.15) is 0 Å². The van der Waals surface area contributed by atoms with Crippen molar-refractivity contribution in [3.63, 3.8) is 0 Å². The van der Waals surface area contributed by atoms with Gasteiger partial charge in [0.2, 0.25) is 5.43 Å². The minimum atomic E-state index is -1.07. The maximum absolute atomic E-state index is 12.4. The molecule has 1 aromatic heterocycles. The van der Waals surface area contributed by atoms with Crippen molar-refractivity contribution >= 4 is 27.9 Å². The van der Waals surface area contributed by atoms with E-state index >= 15 is 0 Å². The normalized spacial score (nSPS) is 10.8. The maximum atomic E-state index is 12.4. The van der Waals surface area contributed by atoms with Gasteiger partial charge in [0.15, 0.2) is 0 Å². The second-order valence-electron chi connectivity index (χ2n) is 4.31. The predicted molar refractivity (Wildman–Crippen MR) is 73.5 cm³/mol. The van der Waals surface area contributed by atoms with Gasteiger partial charge in [-0.3, -0.25) is 4.79 Å². The van der Waals surface area contributed by atoms with Crippen molar-refractivity contribution in [1.29, 1.82) is 0 Å². The van der Waals surface area contributed by atoms with Crippen LogP contribution in [-0.4, -0.2) is 18.2 Å². The van der Waals surface area contributed by atoms with E-state index in [0.717, 1.165) is 0 Å². The monoisotopic (exact) mass is 270 g/mol. The molecule has 100 valence electrons. The Hall–Kier alpha value is -2.82. The molecule has 0 aliphatic rings. The van der Waals surface area contributed by atoms with E-state index < -0.39 is 5.97 Å². The topological polar surface area (TPSA) is 76.7 Å². The average Bonchev–Trinajstić information content (AvgIpc) is 2.46. The molecule has 0 saturated heterocycles. The number of carboxylic acids is 1. The number of rotatable bonds is 2. The third-order valence-electron chi connectivity index (χ3n) is 3.12. The summed E-state index contributed by atoms with van der Waals surface area (Å²) in [7, 11) is 1.52. The molecule has 2 aromatic carbocycles. The van der Waals surface area contributed by atoms with E-state index in [1.165, 1.54) is 25.3 Å². The van der Waals surface area contributed by atoms with Crippen LogP contribution in [0.5, 0.6) is 5.75 Å². The molecule has 0 aliphatic carbocycles. The number of hydrogen-bond acceptors (Lipinski definition) is 4. The standard InChI is InChI=1S/C15H10O5/c1-19-9-3-5-12-11(7-9)14(16)10-4-2-8(15(17)18)6-13(10)20-12/h2-7H,1H3,(H,17,18). The third kappa shape index (κ3) is 1.80. The number of fused-ring (bicyclic) bond motifs is 2. The van der Waals surface area contributed by atoms with Gasteiger partial charge in [0.1, 0.15) is 16.9 Å². The maximum Gasteiger partial charge on any atom is 0.335 e. The molecular weight excluding hydrogens is 260 g/mol. The quantitative estimate of drug-likeness (QED) is 0.724. The number of ether oxygens (including phenoxy) is 1. The van der Waals surface area contributed by atoms with E-state index in [1.807, 2.05) is 0 Å². The molecule has 1 heterocycles. The lowest BCUT2D eigenvalue weighted by molar-refractivity contribution is 0.0697. The molecule has 0 amide bonds. The van der Waals surface area contributed by atoms with Crippen LogP contribution in [0, 0.1) is 0 Å². The van der Waals surface area contributed by atoms with Crippen molar-refractivity contribution < 1.29 is 19.1 Å². The van der Waals surface area contributed by atoms with Crippen molar-refractivity contribution in [2.24, 2.45) is 0 Å². The van der Waals surface area contributed by atoms with Crippen molar-refractivity contribution in [1.82, 2.24) is 0 Å². The highest BCUT2D eigenvalue weighted by Gasteiger charge is 2.11. The molecule has 0 atom stereocenters. The molecular formula is C15H10O5. The van der Waals surface area contributed by atoms with Crippen LogP contribution in [0.1, 0.15) is 10.4 Å². The van der Waals surface area contributed by atoms with E-state index in [4.69, 9.17) is 14.3 Å². The molecule has 0 bridgehead atoms. The Kier molecular flexibility index (Phi) is 2.68. The smallest absolute Gasteiger partial charge is 0.335 e. The average molecular weight is 270 g/mol. The van der Waals surface area contributed by atoms with Crippen LogP contribution in [0.4, 0.5) is 0 Å². The van der Waals surface area contributed by atoms with E-state index in [2.05, 4.69) is 0 Å². The first-order valence-electron chi connectivity index (χ1n) is 5.88. The number of carbonyl (C=O) groups is 1. The minimum Gasteiger partial charge on any atom is -0.497 e. The summed E-state index contributed by atoms with van der Waals surface area (Å²) in [5, 5.41) is 9.70. The highest BCUT2D eigenvalue weighted by Crippen LogP contribution is 2.23. The molecule has 0 unspecified atom stereocenters. The van der Waals surface area contributed by atoms with Crippen molar-refractivity contribution in [3.05, 3.63) is 52.2 Å². The summed E-state index contributed by atoms with van der Waals surface area (Å²) >= 11 is 0. The predicted octanol–water partition coefficient (Wildman–Crippen LogP) is 2.65. The second-order valence-corrected chi connectivity index (χ2v) is 4.31. The van der Waals surface area contributed by atoms with Crippen molar-refractivity contribution in [2.45, 2.75) is 0 Å². The molecule has 20 heavy (non-hydrogen) atoms. The molecule has 5 heteroatoms. The van der Waals surface area contributed by atoms with E-state index in [0.29, 0.717) is 22.1 Å². The Morgan fingerprint density at radius 1 is 1.10 bits per heavy atom. The number of methoxy groups -OCH3 is 1. The van der Waals surface area contributed by atoms with E-state index in [-0.39, 0.29) is 16.6 Å². The molecule has 0 fully saturated rings. The highest BCUT2D eigenvalue weighted by atomic mass is 16.5. The van der Waals surface area contributed by atoms with Gasteiger partial charge < -0.3 is 14.3 Å². The molecule has 3 aromatic rings. The number of aromatic carboxylic acids is 1. The lowest BCUT2D eigenvalue weighted by atomic mass is 10.1. The third-order valence-corrected chi connectivity index (χ3v) is 3.12.